The molecule has 2 aromatic rings. The van der Waals surface area contributed by atoms with E-state index in [-0.39, 0.29) is 36.4 Å². The van der Waals surface area contributed by atoms with Crippen molar-refractivity contribution in [2.75, 3.05) is 18.1 Å². The molecule has 0 aliphatic rings. The second-order valence-electron chi connectivity index (χ2n) is 5.33. The summed E-state index contributed by atoms with van der Waals surface area (Å²) in [4.78, 5) is 46.5. The topological polar surface area (TPSA) is 121 Å². The molecule has 0 bridgehead atoms. The third kappa shape index (κ3) is 5.95. The molecule has 3 N–H and O–H groups in total. The fraction of sp³-hybridized carbons (Fsp3) is 0.375. The number of benzene rings is 1. The fourth-order valence-electron chi connectivity index (χ4n) is 2.18. The Morgan fingerprint density at radius 2 is 1.77 bits per heavy atom. The highest BCUT2D eigenvalue weighted by atomic mass is 33.1. The van der Waals surface area contributed by atoms with E-state index < -0.39 is 5.97 Å². The van der Waals surface area contributed by atoms with Crippen molar-refractivity contribution in [2.24, 2.45) is 0 Å². The van der Waals surface area contributed by atoms with Crippen molar-refractivity contribution < 1.29 is 14.7 Å². The van der Waals surface area contributed by atoms with E-state index in [0.717, 1.165) is 4.68 Å². The Morgan fingerprint density at radius 3 is 2.50 bits per heavy atom. The van der Waals surface area contributed by atoms with Gasteiger partial charge in [-0.3, -0.25) is 24.3 Å². The van der Waals surface area contributed by atoms with Gasteiger partial charge >= 0.3 is 5.97 Å². The lowest BCUT2D eigenvalue weighted by Crippen LogP contribution is -2.33. The van der Waals surface area contributed by atoms with Crippen molar-refractivity contribution >= 4 is 44.2 Å². The number of carboxylic acids is 1. The first kappa shape index (κ1) is 20.1. The van der Waals surface area contributed by atoms with E-state index in [9.17, 15) is 19.2 Å². The van der Waals surface area contributed by atoms with Crippen LogP contribution in [0.1, 0.15) is 12.8 Å². The molecule has 1 heterocycles. The molecule has 0 unspecified atom stereocenters. The second-order valence-corrected chi connectivity index (χ2v) is 8.03. The number of carbonyl (C=O) groups is 2. The van der Waals surface area contributed by atoms with Gasteiger partial charge in [0.1, 0.15) is 0 Å². The van der Waals surface area contributed by atoms with Gasteiger partial charge in [-0.25, -0.2) is 4.68 Å². The Kier molecular flexibility index (Phi) is 7.79. The standard InChI is InChI=1S/C16H19N3O5S2/c20-13(17-7-10-26-25-9-6-14(21)22)5-8-19-16(24)12-4-2-1-3-11(12)15(23)18-19/h1-4H,5-10H2,(H,17,20)(H,18,23)(H,21,22). The van der Waals surface area contributed by atoms with Gasteiger partial charge in [-0.15, -0.1) is 0 Å². The number of nitrogens with one attached hydrogen (secondary N) is 2. The maximum Gasteiger partial charge on any atom is 0.304 e. The summed E-state index contributed by atoms with van der Waals surface area (Å²) < 4.78 is 1.15. The zero-order chi connectivity index (χ0) is 18.9. The highest BCUT2D eigenvalue weighted by molar-refractivity contribution is 8.76. The maximum atomic E-state index is 12.3. The van der Waals surface area contributed by atoms with Gasteiger partial charge in [0.05, 0.1) is 23.7 Å². The molecule has 1 amide bonds. The van der Waals surface area contributed by atoms with E-state index in [0.29, 0.717) is 28.8 Å². The average Bonchev–Trinajstić information content (AvgIpc) is 2.62. The lowest BCUT2D eigenvalue weighted by atomic mass is 10.2. The van der Waals surface area contributed by atoms with Crippen molar-refractivity contribution in [3.63, 3.8) is 0 Å². The van der Waals surface area contributed by atoms with Crippen LogP contribution < -0.4 is 16.4 Å². The Balaban J connectivity index is 1.77. The summed E-state index contributed by atoms with van der Waals surface area (Å²) in [5.74, 6) is 0.130. The first-order valence-corrected chi connectivity index (χ1v) is 10.4. The van der Waals surface area contributed by atoms with Crippen LogP contribution in [0.15, 0.2) is 33.9 Å². The Bertz CT molecular complexity index is 893. The summed E-state index contributed by atoms with van der Waals surface area (Å²) in [5, 5.41) is 14.4. The molecule has 0 saturated heterocycles. The summed E-state index contributed by atoms with van der Waals surface area (Å²) >= 11 is 0. The molecule has 140 valence electrons. The number of aliphatic carboxylic acids is 1. The van der Waals surface area contributed by atoms with Crippen LogP contribution in [0.3, 0.4) is 0 Å². The molecule has 1 aromatic heterocycles. The van der Waals surface area contributed by atoms with E-state index in [4.69, 9.17) is 5.11 Å². The molecule has 2 rings (SSSR count). The summed E-state index contributed by atoms with van der Waals surface area (Å²) in [6, 6.07) is 6.54. The number of aromatic amines is 1. The minimum Gasteiger partial charge on any atom is -0.481 e. The van der Waals surface area contributed by atoms with Gasteiger partial charge in [0.2, 0.25) is 5.91 Å². The van der Waals surface area contributed by atoms with Crippen molar-refractivity contribution in [2.45, 2.75) is 19.4 Å². The van der Waals surface area contributed by atoms with E-state index in [2.05, 4.69) is 10.4 Å². The van der Waals surface area contributed by atoms with E-state index in [1.54, 1.807) is 24.3 Å². The minimum absolute atomic E-state index is 0.0744. The number of carboxylic acid groups (broad SMARTS) is 1. The van der Waals surface area contributed by atoms with Gasteiger partial charge < -0.3 is 10.4 Å². The van der Waals surface area contributed by atoms with Gasteiger partial charge in [0.25, 0.3) is 11.1 Å². The molecule has 1 aromatic carbocycles. The number of hydrogen-bond acceptors (Lipinski definition) is 6. The number of rotatable bonds is 10. The van der Waals surface area contributed by atoms with Crippen LogP contribution in [-0.2, 0) is 16.1 Å². The van der Waals surface area contributed by atoms with E-state index in [1.165, 1.54) is 21.6 Å². The Labute approximate surface area is 156 Å². The summed E-state index contributed by atoms with van der Waals surface area (Å²) in [5.41, 5.74) is -0.700. The molecule has 0 spiro atoms. The number of amides is 1. The normalized spacial score (nSPS) is 10.8. The first-order valence-electron chi connectivity index (χ1n) is 7.94. The number of aryl methyl sites for hydroxylation is 1. The lowest BCUT2D eigenvalue weighted by Gasteiger charge is -2.08. The van der Waals surface area contributed by atoms with E-state index >= 15 is 0 Å². The number of nitrogens with zero attached hydrogens (tertiary/aromatic N) is 1. The molecular formula is C16H19N3O5S2. The fourth-order valence-corrected chi connectivity index (χ4v) is 4.07. The third-order valence-corrected chi connectivity index (χ3v) is 5.84. The van der Waals surface area contributed by atoms with Crippen molar-refractivity contribution in [3.8, 4) is 0 Å². The number of fused-ring (bicyclic) bond motifs is 1. The molecule has 10 heteroatoms. The zero-order valence-electron chi connectivity index (χ0n) is 13.9. The summed E-state index contributed by atoms with van der Waals surface area (Å²) in [6.45, 7) is 0.540. The summed E-state index contributed by atoms with van der Waals surface area (Å²) in [7, 11) is 2.94. The Hall–Kier alpha value is -2.20. The van der Waals surface area contributed by atoms with Gasteiger partial charge in [-0.1, -0.05) is 33.7 Å². The van der Waals surface area contributed by atoms with Crippen molar-refractivity contribution in [3.05, 3.63) is 45.0 Å². The highest BCUT2D eigenvalue weighted by Gasteiger charge is 2.08. The zero-order valence-corrected chi connectivity index (χ0v) is 15.5. The minimum atomic E-state index is -0.826. The molecule has 8 nitrogen and oxygen atoms in total. The molecule has 0 saturated carbocycles. The second kappa shape index (κ2) is 10.1. The van der Waals surface area contributed by atoms with Gasteiger partial charge in [-0.2, -0.15) is 0 Å². The monoisotopic (exact) mass is 397 g/mol. The van der Waals surface area contributed by atoms with Crippen LogP contribution in [-0.4, -0.2) is 44.8 Å². The van der Waals surface area contributed by atoms with Gasteiger partial charge in [0, 0.05) is 24.5 Å². The highest BCUT2D eigenvalue weighted by Crippen LogP contribution is 2.20. The summed E-state index contributed by atoms with van der Waals surface area (Å²) in [6.07, 6.45) is 0.188. The van der Waals surface area contributed by atoms with Crippen molar-refractivity contribution in [1.29, 1.82) is 0 Å². The quantitative estimate of drug-likeness (QED) is 0.405. The molecule has 0 aliphatic carbocycles. The van der Waals surface area contributed by atoms with Crippen LogP contribution in [0.5, 0.6) is 0 Å². The van der Waals surface area contributed by atoms with Crippen LogP contribution in [0, 0.1) is 0 Å². The van der Waals surface area contributed by atoms with Crippen LogP contribution in [0.25, 0.3) is 10.8 Å². The average molecular weight is 397 g/mol. The Morgan fingerprint density at radius 1 is 1.08 bits per heavy atom. The molecule has 0 atom stereocenters. The molecule has 0 fully saturated rings. The number of aromatic nitrogens is 2. The number of carbonyl (C=O) groups excluding carboxylic acids is 1. The smallest absolute Gasteiger partial charge is 0.304 e. The lowest BCUT2D eigenvalue weighted by molar-refractivity contribution is -0.136. The van der Waals surface area contributed by atoms with Gasteiger partial charge in [-0.05, 0) is 12.1 Å². The van der Waals surface area contributed by atoms with Crippen LogP contribution >= 0.6 is 21.6 Å². The van der Waals surface area contributed by atoms with Crippen LogP contribution in [0.4, 0.5) is 0 Å². The third-order valence-electron chi connectivity index (χ3n) is 3.44. The molecular weight excluding hydrogens is 378 g/mol. The number of H-pyrrole nitrogens is 1. The predicted molar refractivity (Wildman–Crippen MR) is 104 cm³/mol. The molecule has 0 aliphatic heterocycles. The van der Waals surface area contributed by atoms with Crippen LogP contribution in [0.2, 0.25) is 0 Å². The number of hydrogen-bond donors (Lipinski definition) is 3. The first-order chi connectivity index (χ1) is 12.5. The van der Waals surface area contributed by atoms with Crippen molar-refractivity contribution in [1.82, 2.24) is 15.1 Å². The molecule has 26 heavy (non-hydrogen) atoms. The van der Waals surface area contributed by atoms with Gasteiger partial charge in [0.15, 0.2) is 0 Å². The SMILES string of the molecule is O=C(O)CCSSCCNC(=O)CCn1[nH]c(=O)c2ccccc2c1=O. The van der Waals surface area contributed by atoms with E-state index in [1.807, 2.05) is 0 Å². The predicted octanol–water partition coefficient (Wildman–Crippen LogP) is 1.05. The largest absolute Gasteiger partial charge is 0.481 e. The maximum absolute atomic E-state index is 12.3. The molecule has 0 radical (unpaired) electrons.